The van der Waals surface area contributed by atoms with Crippen LogP contribution >= 0.6 is 0 Å². The molecular weight excluding hydrogens is 302 g/mol. The first kappa shape index (κ1) is 15.2. The van der Waals surface area contributed by atoms with Gasteiger partial charge in [-0.3, -0.25) is 4.79 Å². The van der Waals surface area contributed by atoms with Crippen molar-refractivity contribution in [2.75, 3.05) is 5.32 Å². The van der Waals surface area contributed by atoms with Crippen LogP contribution in [0.3, 0.4) is 0 Å². The fraction of sp³-hybridized carbons (Fsp3) is 0. The number of hydrogen-bond donors (Lipinski definition) is 1. The molecule has 0 aliphatic carbocycles. The number of aromatic nitrogens is 3. The first-order valence-electron chi connectivity index (χ1n) is 7.19. The minimum Gasteiger partial charge on any atom is -0.321 e. The molecule has 0 aliphatic rings. The van der Waals surface area contributed by atoms with Crippen molar-refractivity contribution in [2.45, 2.75) is 0 Å². The summed E-state index contributed by atoms with van der Waals surface area (Å²) in [7, 11) is 0. The van der Waals surface area contributed by atoms with Gasteiger partial charge < -0.3 is 5.32 Å². The number of carbonyl (C=O) groups excluding carboxylic acids is 1. The molecule has 0 bridgehead atoms. The third-order valence-electron chi connectivity index (χ3n) is 3.28. The van der Waals surface area contributed by atoms with Gasteiger partial charge in [0.05, 0.1) is 5.69 Å². The van der Waals surface area contributed by atoms with E-state index in [4.69, 9.17) is 0 Å². The smallest absolute Gasteiger partial charge is 0.266 e. The third-order valence-corrected chi connectivity index (χ3v) is 3.28. The average molecular weight is 315 g/mol. The average Bonchev–Trinajstić information content (AvgIpc) is 3.15. The van der Waals surface area contributed by atoms with Crippen LogP contribution in [0.5, 0.6) is 0 Å². The summed E-state index contributed by atoms with van der Waals surface area (Å²) < 4.78 is 1.63. The van der Waals surface area contributed by atoms with Gasteiger partial charge in [0.15, 0.2) is 0 Å². The van der Waals surface area contributed by atoms with Crippen LogP contribution in [0.2, 0.25) is 0 Å². The number of amides is 1. The number of para-hydroxylation sites is 1. The van der Waals surface area contributed by atoms with Crippen LogP contribution in [-0.2, 0) is 4.79 Å². The lowest BCUT2D eigenvalue weighted by Crippen LogP contribution is -2.13. The number of rotatable bonds is 4. The Morgan fingerprint density at radius 3 is 2.50 bits per heavy atom. The van der Waals surface area contributed by atoms with Gasteiger partial charge in [0.2, 0.25) is 0 Å². The van der Waals surface area contributed by atoms with E-state index in [9.17, 15) is 10.1 Å². The molecule has 24 heavy (non-hydrogen) atoms. The molecule has 0 saturated heterocycles. The summed E-state index contributed by atoms with van der Waals surface area (Å²) in [5.74, 6) is -0.441. The van der Waals surface area contributed by atoms with Crippen molar-refractivity contribution in [3.8, 4) is 11.8 Å². The highest BCUT2D eigenvalue weighted by atomic mass is 16.1. The zero-order valence-corrected chi connectivity index (χ0v) is 12.6. The maximum atomic E-state index is 12.2. The first-order chi connectivity index (χ1) is 11.8. The van der Waals surface area contributed by atoms with E-state index in [0.717, 1.165) is 11.3 Å². The zero-order valence-electron chi connectivity index (χ0n) is 12.6. The predicted molar refractivity (Wildman–Crippen MR) is 90.0 cm³/mol. The Morgan fingerprint density at radius 1 is 1.12 bits per heavy atom. The minimum atomic E-state index is -0.441. The van der Waals surface area contributed by atoms with E-state index < -0.39 is 5.91 Å². The van der Waals surface area contributed by atoms with E-state index in [-0.39, 0.29) is 5.57 Å². The topological polar surface area (TPSA) is 83.6 Å². The van der Waals surface area contributed by atoms with Gasteiger partial charge in [-0.25, -0.2) is 9.67 Å². The van der Waals surface area contributed by atoms with Gasteiger partial charge in [-0.2, -0.15) is 10.4 Å². The lowest BCUT2D eigenvalue weighted by molar-refractivity contribution is -0.112. The van der Waals surface area contributed by atoms with Gasteiger partial charge in [0.1, 0.15) is 24.3 Å². The molecule has 6 heteroatoms. The monoisotopic (exact) mass is 315 g/mol. The number of anilines is 1. The zero-order chi connectivity index (χ0) is 16.8. The minimum absolute atomic E-state index is 0.0346. The highest BCUT2D eigenvalue weighted by molar-refractivity contribution is 6.09. The molecule has 0 atom stereocenters. The normalized spacial score (nSPS) is 10.9. The highest BCUT2D eigenvalue weighted by Gasteiger charge is 2.09. The second-order valence-corrected chi connectivity index (χ2v) is 4.92. The molecule has 1 heterocycles. The van der Waals surface area contributed by atoms with Crippen molar-refractivity contribution >= 4 is 17.7 Å². The van der Waals surface area contributed by atoms with Crippen molar-refractivity contribution in [1.82, 2.24) is 14.8 Å². The molecule has 1 amide bonds. The molecule has 0 radical (unpaired) electrons. The van der Waals surface area contributed by atoms with Crippen LogP contribution in [0.1, 0.15) is 5.56 Å². The van der Waals surface area contributed by atoms with Gasteiger partial charge in [0.25, 0.3) is 5.91 Å². The molecule has 1 aromatic heterocycles. The highest BCUT2D eigenvalue weighted by Crippen LogP contribution is 2.13. The van der Waals surface area contributed by atoms with Crippen LogP contribution < -0.4 is 5.32 Å². The molecular formula is C18H13N5O. The number of nitrogens with zero attached hydrogens (tertiary/aromatic N) is 4. The van der Waals surface area contributed by atoms with Crippen molar-refractivity contribution in [1.29, 1.82) is 5.26 Å². The van der Waals surface area contributed by atoms with Gasteiger partial charge in [0, 0.05) is 5.69 Å². The molecule has 6 nitrogen and oxygen atoms in total. The summed E-state index contributed by atoms with van der Waals surface area (Å²) in [6.45, 7) is 0. The summed E-state index contributed by atoms with van der Waals surface area (Å²) in [5.41, 5.74) is 2.27. The predicted octanol–water partition coefficient (Wildman–Crippen LogP) is 2.81. The van der Waals surface area contributed by atoms with Crippen LogP contribution in [0.4, 0.5) is 5.69 Å². The SMILES string of the molecule is N#C/C(=C/c1ccc(-n2cncn2)cc1)C(=O)Nc1ccccc1. The van der Waals surface area contributed by atoms with E-state index in [0.29, 0.717) is 5.69 Å². The molecule has 116 valence electrons. The Bertz CT molecular complexity index is 891. The molecule has 0 aliphatic heterocycles. The number of hydrogen-bond acceptors (Lipinski definition) is 4. The summed E-state index contributed by atoms with van der Waals surface area (Å²) in [5, 5.41) is 16.0. The second-order valence-electron chi connectivity index (χ2n) is 4.92. The molecule has 0 fully saturated rings. The second kappa shape index (κ2) is 7.03. The van der Waals surface area contributed by atoms with Crippen molar-refractivity contribution < 1.29 is 4.79 Å². The van der Waals surface area contributed by atoms with Gasteiger partial charge in [-0.1, -0.05) is 30.3 Å². The van der Waals surface area contributed by atoms with Crippen molar-refractivity contribution in [3.63, 3.8) is 0 Å². The molecule has 2 aromatic carbocycles. The van der Waals surface area contributed by atoms with Gasteiger partial charge in [-0.05, 0) is 35.9 Å². The van der Waals surface area contributed by atoms with E-state index in [1.165, 1.54) is 6.33 Å². The number of nitrogens with one attached hydrogen (secondary N) is 1. The van der Waals surface area contributed by atoms with E-state index >= 15 is 0 Å². The molecule has 3 rings (SSSR count). The standard InChI is InChI=1S/C18H13N5O/c19-11-15(18(24)22-16-4-2-1-3-5-16)10-14-6-8-17(9-7-14)23-13-20-12-21-23/h1-10,12-13H,(H,22,24)/b15-10-. The van der Waals surface area contributed by atoms with Crippen LogP contribution in [-0.4, -0.2) is 20.7 Å². The van der Waals surface area contributed by atoms with Crippen molar-refractivity contribution in [3.05, 3.63) is 78.4 Å². The molecule has 0 unspecified atom stereocenters. The first-order valence-corrected chi connectivity index (χ1v) is 7.19. The maximum Gasteiger partial charge on any atom is 0.266 e. The molecule has 1 N–H and O–H groups in total. The molecule has 0 saturated carbocycles. The van der Waals surface area contributed by atoms with Crippen LogP contribution in [0, 0.1) is 11.3 Å². The fourth-order valence-corrected chi connectivity index (χ4v) is 2.10. The van der Waals surface area contributed by atoms with Gasteiger partial charge >= 0.3 is 0 Å². The summed E-state index contributed by atoms with van der Waals surface area (Å²) in [6.07, 6.45) is 4.60. The lowest BCUT2D eigenvalue weighted by atomic mass is 10.1. The van der Waals surface area contributed by atoms with Crippen LogP contribution in [0.25, 0.3) is 11.8 Å². The van der Waals surface area contributed by atoms with E-state index in [1.807, 2.05) is 48.5 Å². The Balaban J connectivity index is 1.78. The Hall–Kier alpha value is -3.72. The number of carbonyl (C=O) groups is 1. The van der Waals surface area contributed by atoms with Gasteiger partial charge in [-0.15, -0.1) is 0 Å². The third kappa shape index (κ3) is 3.54. The molecule has 0 spiro atoms. The van der Waals surface area contributed by atoms with E-state index in [2.05, 4.69) is 15.4 Å². The van der Waals surface area contributed by atoms with Crippen LogP contribution in [0.15, 0.2) is 72.8 Å². The quantitative estimate of drug-likeness (QED) is 0.593. The number of benzene rings is 2. The Kier molecular flexibility index (Phi) is 4.45. The lowest BCUT2D eigenvalue weighted by Gasteiger charge is -2.04. The summed E-state index contributed by atoms with van der Waals surface area (Å²) in [6, 6.07) is 18.2. The Labute approximate surface area is 138 Å². The Morgan fingerprint density at radius 2 is 1.88 bits per heavy atom. The maximum absolute atomic E-state index is 12.2. The summed E-state index contributed by atoms with van der Waals surface area (Å²) >= 11 is 0. The number of nitriles is 1. The van der Waals surface area contributed by atoms with Crippen molar-refractivity contribution in [2.24, 2.45) is 0 Å². The van der Waals surface area contributed by atoms with E-state index in [1.54, 1.807) is 29.2 Å². The fourth-order valence-electron chi connectivity index (χ4n) is 2.10. The largest absolute Gasteiger partial charge is 0.321 e. The molecule has 3 aromatic rings. The summed E-state index contributed by atoms with van der Waals surface area (Å²) in [4.78, 5) is 16.1.